The molecule has 104 valence electrons. The van der Waals surface area contributed by atoms with E-state index in [4.69, 9.17) is 11.6 Å². The zero-order chi connectivity index (χ0) is 14.5. The summed E-state index contributed by atoms with van der Waals surface area (Å²) in [5.41, 5.74) is 2.11. The molecule has 0 aliphatic rings. The molecule has 0 unspecified atom stereocenters. The van der Waals surface area contributed by atoms with Crippen molar-refractivity contribution in [2.45, 2.75) is 19.9 Å². The van der Waals surface area contributed by atoms with Gasteiger partial charge in [-0.2, -0.15) is 0 Å². The highest BCUT2D eigenvalue weighted by molar-refractivity contribution is 6.30. The van der Waals surface area contributed by atoms with E-state index in [9.17, 15) is 4.79 Å². The lowest BCUT2D eigenvalue weighted by atomic mass is 10.2. The lowest BCUT2D eigenvalue weighted by Crippen LogP contribution is -2.30. The third-order valence-corrected chi connectivity index (χ3v) is 2.77. The van der Waals surface area contributed by atoms with Gasteiger partial charge >= 0.3 is 0 Å². The Bertz CT molecular complexity index is 614. The minimum atomic E-state index is -0.137. The second-order valence-electron chi connectivity index (χ2n) is 4.73. The molecule has 5 heteroatoms. The molecule has 1 heterocycles. The van der Waals surface area contributed by atoms with E-state index >= 15 is 0 Å². The Morgan fingerprint density at radius 3 is 2.70 bits per heavy atom. The Morgan fingerprint density at radius 1 is 1.20 bits per heavy atom. The summed E-state index contributed by atoms with van der Waals surface area (Å²) in [6, 6.07) is 9.21. The Labute approximate surface area is 123 Å². The van der Waals surface area contributed by atoms with Crippen molar-refractivity contribution in [3.8, 4) is 0 Å². The third-order valence-electron chi connectivity index (χ3n) is 2.53. The van der Waals surface area contributed by atoms with Gasteiger partial charge in [0.2, 0.25) is 0 Å². The van der Waals surface area contributed by atoms with Gasteiger partial charge in [0.05, 0.1) is 17.4 Å². The molecule has 0 aliphatic carbocycles. The summed E-state index contributed by atoms with van der Waals surface area (Å²) in [4.78, 5) is 16.0. The molecule has 0 saturated carbocycles. The number of hydrogen-bond donors (Lipinski definition) is 2. The summed E-state index contributed by atoms with van der Waals surface area (Å²) in [6.07, 6.45) is 3.20. The number of pyridine rings is 1. The summed E-state index contributed by atoms with van der Waals surface area (Å²) in [5.74, 6) is -0.137. The van der Waals surface area contributed by atoms with Crippen LogP contribution in [0, 0.1) is 0 Å². The second-order valence-corrected chi connectivity index (χ2v) is 5.16. The van der Waals surface area contributed by atoms with E-state index < -0.39 is 0 Å². The number of aromatic nitrogens is 1. The van der Waals surface area contributed by atoms with Crippen LogP contribution in [-0.4, -0.2) is 16.9 Å². The van der Waals surface area contributed by atoms with Crippen molar-refractivity contribution in [3.63, 3.8) is 0 Å². The highest BCUT2D eigenvalue weighted by Gasteiger charge is 2.08. The Balaban J connectivity index is 2.15. The van der Waals surface area contributed by atoms with Gasteiger partial charge in [-0.25, -0.2) is 0 Å². The maximum atomic E-state index is 11.9. The number of halogens is 1. The van der Waals surface area contributed by atoms with Gasteiger partial charge in [-0.15, -0.1) is 0 Å². The monoisotopic (exact) mass is 289 g/mol. The molecule has 0 aliphatic heterocycles. The molecule has 0 radical (unpaired) electrons. The fourth-order valence-corrected chi connectivity index (χ4v) is 1.90. The number of benzene rings is 1. The summed E-state index contributed by atoms with van der Waals surface area (Å²) < 4.78 is 0. The van der Waals surface area contributed by atoms with Crippen LogP contribution in [0.25, 0.3) is 0 Å². The van der Waals surface area contributed by atoms with Crippen LogP contribution >= 0.6 is 11.6 Å². The highest BCUT2D eigenvalue weighted by atomic mass is 35.5. The van der Waals surface area contributed by atoms with Crippen LogP contribution in [0.4, 0.5) is 11.4 Å². The van der Waals surface area contributed by atoms with Crippen LogP contribution in [-0.2, 0) is 0 Å². The van der Waals surface area contributed by atoms with Gasteiger partial charge in [-0.1, -0.05) is 17.7 Å². The first-order valence-corrected chi connectivity index (χ1v) is 6.71. The molecule has 2 N–H and O–H groups in total. The van der Waals surface area contributed by atoms with Crippen molar-refractivity contribution in [3.05, 3.63) is 53.3 Å². The average molecular weight is 290 g/mol. The summed E-state index contributed by atoms with van der Waals surface area (Å²) >= 11 is 5.93. The average Bonchev–Trinajstić information content (AvgIpc) is 2.38. The van der Waals surface area contributed by atoms with E-state index in [0.29, 0.717) is 10.6 Å². The van der Waals surface area contributed by atoms with Gasteiger partial charge in [0.15, 0.2) is 0 Å². The molecule has 1 aromatic carbocycles. The zero-order valence-electron chi connectivity index (χ0n) is 11.4. The van der Waals surface area contributed by atoms with E-state index in [2.05, 4.69) is 15.6 Å². The largest absolute Gasteiger partial charge is 0.354 e. The van der Waals surface area contributed by atoms with Crippen molar-refractivity contribution in [1.82, 2.24) is 10.3 Å². The first-order chi connectivity index (χ1) is 9.54. The van der Waals surface area contributed by atoms with Gasteiger partial charge in [-0.05, 0) is 38.1 Å². The molecule has 0 bridgehead atoms. The quantitative estimate of drug-likeness (QED) is 0.904. The molecular formula is C15H16ClN3O. The van der Waals surface area contributed by atoms with Crippen LogP contribution in [0.15, 0.2) is 42.7 Å². The number of nitrogens with one attached hydrogen (secondary N) is 2. The standard InChI is InChI=1S/C15H16ClN3O/c1-10(2)18-15(20)11-6-14(9-17-8-11)19-13-5-3-4-12(16)7-13/h3-10,19H,1-2H3,(H,18,20). The first kappa shape index (κ1) is 14.3. The van der Waals surface area contributed by atoms with Crippen molar-refractivity contribution in [1.29, 1.82) is 0 Å². The summed E-state index contributed by atoms with van der Waals surface area (Å²) in [7, 11) is 0. The van der Waals surface area contributed by atoms with Crippen molar-refractivity contribution < 1.29 is 4.79 Å². The minimum absolute atomic E-state index is 0.0899. The Kier molecular flexibility index (Phi) is 4.58. The normalized spacial score (nSPS) is 10.4. The second kappa shape index (κ2) is 6.39. The predicted octanol–water partition coefficient (Wildman–Crippen LogP) is 3.62. The van der Waals surface area contributed by atoms with E-state index in [1.165, 1.54) is 0 Å². The minimum Gasteiger partial charge on any atom is -0.354 e. The zero-order valence-corrected chi connectivity index (χ0v) is 12.1. The van der Waals surface area contributed by atoms with E-state index in [1.54, 1.807) is 24.5 Å². The molecule has 0 fully saturated rings. The van der Waals surface area contributed by atoms with E-state index in [0.717, 1.165) is 11.4 Å². The number of carbonyl (C=O) groups is 1. The third kappa shape index (κ3) is 3.96. The van der Waals surface area contributed by atoms with Crippen LogP contribution in [0.2, 0.25) is 5.02 Å². The van der Waals surface area contributed by atoms with Gasteiger partial charge in [0.1, 0.15) is 0 Å². The predicted molar refractivity (Wildman–Crippen MR) is 81.6 cm³/mol. The van der Waals surface area contributed by atoms with Gasteiger partial charge in [0, 0.05) is 22.9 Å². The molecule has 0 spiro atoms. The van der Waals surface area contributed by atoms with Gasteiger partial charge in [0.25, 0.3) is 5.91 Å². The fourth-order valence-electron chi connectivity index (χ4n) is 1.71. The molecule has 1 amide bonds. The van der Waals surface area contributed by atoms with Crippen molar-refractivity contribution in [2.75, 3.05) is 5.32 Å². The summed E-state index contributed by atoms with van der Waals surface area (Å²) in [6.45, 7) is 3.83. The molecule has 0 atom stereocenters. The molecule has 2 aromatic rings. The van der Waals surface area contributed by atoms with E-state index in [-0.39, 0.29) is 11.9 Å². The van der Waals surface area contributed by atoms with Crippen molar-refractivity contribution >= 4 is 28.9 Å². The van der Waals surface area contributed by atoms with Gasteiger partial charge < -0.3 is 10.6 Å². The summed E-state index contributed by atoms with van der Waals surface area (Å²) in [5, 5.41) is 6.65. The topological polar surface area (TPSA) is 54.0 Å². The lowest BCUT2D eigenvalue weighted by molar-refractivity contribution is 0.0943. The maximum Gasteiger partial charge on any atom is 0.253 e. The molecule has 4 nitrogen and oxygen atoms in total. The number of nitrogens with zero attached hydrogens (tertiary/aromatic N) is 1. The number of anilines is 2. The van der Waals surface area contributed by atoms with Crippen molar-refractivity contribution in [2.24, 2.45) is 0 Å². The number of amides is 1. The first-order valence-electron chi connectivity index (χ1n) is 6.33. The number of carbonyl (C=O) groups excluding carboxylic acids is 1. The molecule has 2 rings (SSSR count). The highest BCUT2D eigenvalue weighted by Crippen LogP contribution is 2.20. The van der Waals surface area contributed by atoms with Crippen LogP contribution in [0.3, 0.4) is 0 Å². The molecule has 20 heavy (non-hydrogen) atoms. The Hall–Kier alpha value is -2.07. The van der Waals surface area contributed by atoms with Crippen LogP contribution in [0.1, 0.15) is 24.2 Å². The van der Waals surface area contributed by atoms with Crippen LogP contribution < -0.4 is 10.6 Å². The van der Waals surface area contributed by atoms with Crippen LogP contribution in [0.5, 0.6) is 0 Å². The molecule has 0 saturated heterocycles. The smallest absolute Gasteiger partial charge is 0.253 e. The molecule has 1 aromatic heterocycles. The maximum absolute atomic E-state index is 11.9. The SMILES string of the molecule is CC(C)NC(=O)c1cncc(Nc2cccc(Cl)c2)c1. The van der Waals surface area contributed by atoms with Gasteiger partial charge in [-0.3, -0.25) is 9.78 Å². The number of rotatable bonds is 4. The Morgan fingerprint density at radius 2 is 2.00 bits per heavy atom. The number of hydrogen-bond acceptors (Lipinski definition) is 3. The molecular weight excluding hydrogens is 274 g/mol. The van der Waals surface area contributed by atoms with E-state index in [1.807, 2.05) is 32.0 Å². The fraction of sp³-hybridized carbons (Fsp3) is 0.200. The lowest BCUT2D eigenvalue weighted by Gasteiger charge is -2.10.